The Morgan fingerprint density at radius 3 is 2.67 bits per heavy atom. The number of carbonyl (C=O) groups excluding carboxylic acids is 1. The van der Waals surface area contributed by atoms with Crippen molar-refractivity contribution >= 4 is 28.9 Å². The molecule has 0 aromatic carbocycles. The van der Waals surface area contributed by atoms with E-state index in [9.17, 15) is 19.7 Å². The number of likely N-dealkylation sites (tertiary alicyclic amines) is 1. The molecule has 8 heteroatoms. The lowest BCUT2D eigenvalue weighted by molar-refractivity contribution is -0.385. The first-order valence-electron chi connectivity index (χ1n) is 6.56. The van der Waals surface area contributed by atoms with Gasteiger partial charge in [-0.15, -0.1) is 11.3 Å². The molecule has 1 aliphatic rings. The number of nitro groups is 1. The van der Waals surface area contributed by atoms with Crippen LogP contribution in [0.5, 0.6) is 0 Å². The van der Waals surface area contributed by atoms with Crippen LogP contribution in [0.3, 0.4) is 0 Å². The number of rotatable bonds is 3. The molecular weight excluding hydrogens is 296 g/mol. The zero-order valence-corrected chi connectivity index (χ0v) is 12.6. The van der Waals surface area contributed by atoms with E-state index in [2.05, 4.69) is 0 Å². The predicted molar refractivity (Wildman–Crippen MR) is 76.5 cm³/mol. The minimum atomic E-state index is -0.910. The highest BCUT2D eigenvalue weighted by molar-refractivity contribution is 7.14. The van der Waals surface area contributed by atoms with Crippen molar-refractivity contribution in [1.29, 1.82) is 0 Å². The Hall–Kier alpha value is -1.96. The van der Waals surface area contributed by atoms with Gasteiger partial charge in [0.15, 0.2) is 0 Å². The molecule has 1 aromatic rings. The Bertz CT molecular complexity index is 597. The van der Waals surface area contributed by atoms with Gasteiger partial charge in [0.05, 0.1) is 20.6 Å². The number of hydrogen-bond acceptors (Lipinski definition) is 5. The van der Waals surface area contributed by atoms with Crippen LogP contribution in [0, 0.1) is 28.9 Å². The second-order valence-corrected chi connectivity index (χ2v) is 6.65. The van der Waals surface area contributed by atoms with E-state index in [1.54, 1.807) is 6.92 Å². The largest absolute Gasteiger partial charge is 0.481 e. The zero-order valence-electron chi connectivity index (χ0n) is 11.7. The molecule has 0 aliphatic carbocycles. The van der Waals surface area contributed by atoms with Crippen LogP contribution in [0.4, 0.5) is 5.69 Å². The minimum Gasteiger partial charge on any atom is -0.481 e. The van der Waals surface area contributed by atoms with Crippen LogP contribution < -0.4 is 0 Å². The number of thiophene rings is 1. The Labute approximate surface area is 125 Å². The summed E-state index contributed by atoms with van der Waals surface area (Å²) in [5, 5.41) is 20.0. The number of aliphatic carboxylic acids is 1. The van der Waals surface area contributed by atoms with Crippen LogP contribution in [0.1, 0.15) is 27.9 Å². The van der Waals surface area contributed by atoms with Crippen LogP contribution in [-0.2, 0) is 4.79 Å². The number of piperidine rings is 1. The molecule has 2 atom stereocenters. The lowest BCUT2D eigenvalue weighted by Gasteiger charge is -2.34. The number of nitrogens with zero attached hydrogens (tertiary/aromatic N) is 2. The van der Waals surface area contributed by atoms with Gasteiger partial charge >= 0.3 is 5.97 Å². The van der Waals surface area contributed by atoms with Crippen LogP contribution >= 0.6 is 11.3 Å². The lowest BCUT2D eigenvalue weighted by atomic mass is 9.90. The molecule has 1 fully saturated rings. The molecule has 7 nitrogen and oxygen atoms in total. The fraction of sp³-hybridized carbons (Fsp3) is 0.538. The highest BCUT2D eigenvalue weighted by Gasteiger charge is 2.33. The van der Waals surface area contributed by atoms with Crippen molar-refractivity contribution in [3.8, 4) is 0 Å². The van der Waals surface area contributed by atoms with E-state index >= 15 is 0 Å². The maximum atomic E-state index is 12.4. The summed E-state index contributed by atoms with van der Waals surface area (Å²) in [6, 6.07) is 1.28. The Kier molecular flexibility index (Phi) is 4.26. The molecule has 0 bridgehead atoms. The second kappa shape index (κ2) is 5.80. The van der Waals surface area contributed by atoms with Crippen molar-refractivity contribution in [3.63, 3.8) is 0 Å². The van der Waals surface area contributed by atoms with E-state index in [4.69, 9.17) is 5.11 Å². The first-order chi connectivity index (χ1) is 9.79. The molecule has 1 saturated heterocycles. The van der Waals surface area contributed by atoms with Crippen molar-refractivity contribution in [1.82, 2.24) is 4.90 Å². The topological polar surface area (TPSA) is 101 Å². The molecular formula is C13H16N2O5S. The molecule has 2 rings (SSSR count). The number of amides is 1. The lowest BCUT2D eigenvalue weighted by Crippen LogP contribution is -2.45. The van der Waals surface area contributed by atoms with Gasteiger partial charge in [0.25, 0.3) is 11.6 Å². The quantitative estimate of drug-likeness (QED) is 0.680. The molecule has 2 unspecified atom stereocenters. The van der Waals surface area contributed by atoms with E-state index in [0.717, 1.165) is 11.3 Å². The maximum Gasteiger partial charge on any atom is 0.308 e. The number of carboxylic acid groups (broad SMARTS) is 1. The normalized spacial score (nSPS) is 22.1. The highest BCUT2D eigenvalue weighted by atomic mass is 32.1. The molecule has 0 spiro atoms. The third kappa shape index (κ3) is 3.21. The van der Waals surface area contributed by atoms with Crippen molar-refractivity contribution in [3.05, 3.63) is 25.9 Å². The van der Waals surface area contributed by atoms with Crippen molar-refractivity contribution in [2.75, 3.05) is 13.1 Å². The number of carbonyl (C=O) groups is 2. The number of aryl methyl sites for hydroxylation is 1. The molecule has 21 heavy (non-hydrogen) atoms. The number of hydrogen-bond donors (Lipinski definition) is 1. The molecule has 1 aromatic heterocycles. The van der Waals surface area contributed by atoms with Gasteiger partial charge in [-0.05, 0) is 19.3 Å². The van der Waals surface area contributed by atoms with Gasteiger partial charge in [-0.25, -0.2) is 0 Å². The molecule has 0 saturated carbocycles. The van der Waals surface area contributed by atoms with E-state index in [1.165, 1.54) is 11.0 Å². The zero-order chi connectivity index (χ0) is 15.7. The van der Waals surface area contributed by atoms with Gasteiger partial charge < -0.3 is 10.0 Å². The summed E-state index contributed by atoms with van der Waals surface area (Å²) >= 11 is 1.07. The van der Waals surface area contributed by atoms with Crippen molar-refractivity contribution < 1.29 is 19.6 Å². The molecule has 0 radical (unpaired) electrons. The fourth-order valence-corrected chi connectivity index (χ4v) is 3.57. The Morgan fingerprint density at radius 2 is 2.14 bits per heavy atom. The second-order valence-electron chi connectivity index (χ2n) is 5.40. The Morgan fingerprint density at radius 1 is 1.48 bits per heavy atom. The predicted octanol–water partition coefficient (Wildman–Crippen LogP) is 2.15. The van der Waals surface area contributed by atoms with Gasteiger partial charge in [0.2, 0.25) is 0 Å². The van der Waals surface area contributed by atoms with Gasteiger partial charge in [-0.3, -0.25) is 19.7 Å². The summed E-state index contributed by atoms with van der Waals surface area (Å²) in [5.74, 6) is -1.71. The smallest absolute Gasteiger partial charge is 0.308 e. The van der Waals surface area contributed by atoms with Gasteiger partial charge in [0.1, 0.15) is 0 Å². The van der Waals surface area contributed by atoms with E-state index in [1.807, 2.05) is 6.92 Å². The van der Waals surface area contributed by atoms with Gasteiger partial charge in [-0.1, -0.05) is 6.92 Å². The van der Waals surface area contributed by atoms with Crippen molar-refractivity contribution in [2.24, 2.45) is 11.8 Å². The summed E-state index contributed by atoms with van der Waals surface area (Å²) in [6.45, 7) is 4.13. The van der Waals surface area contributed by atoms with Crippen LogP contribution in [0.2, 0.25) is 0 Å². The summed E-state index contributed by atoms with van der Waals surface area (Å²) < 4.78 is 0. The third-order valence-corrected chi connectivity index (χ3v) is 4.62. The first kappa shape index (κ1) is 15.4. The SMILES string of the molecule is Cc1sc(C(=O)N2CC(C)CC(C(=O)O)C2)cc1[N+](=O)[O-]. The van der Waals surface area contributed by atoms with Crippen molar-refractivity contribution in [2.45, 2.75) is 20.3 Å². The molecule has 1 aliphatic heterocycles. The molecule has 2 heterocycles. The van der Waals surface area contributed by atoms with Crippen LogP contribution in [0.15, 0.2) is 6.07 Å². The fourth-order valence-electron chi connectivity index (χ4n) is 2.61. The Balaban J connectivity index is 2.21. The van der Waals surface area contributed by atoms with Crippen LogP contribution in [0.25, 0.3) is 0 Å². The van der Waals surface area contributed by atoms with Crippen LogP contribution in [-0.4, -0.2) is 39.9 Å². The third-order valence-electron chi connectivity index (χ3n) is 3.60. The average Bonchev–Trinajstić information content (AvgIpc) is 2.79. The average molecular weight is 312 g/mol. The monoisotopic (exact) mass is 312 g/mol. The standard InChI is InChI=1S/C13H16N2O5S/c1-7-3-9(13(17)18)6-14(5-7)12(16)11-4-10(15(19)20)8(2)21-11/h4,7,9H,3,5-6H2,1-2H3,(H,17,18). The number of carboxylic acids is 1. The van der Waals surface area contributed by atoms with Gasteiger partial charge in [-0.2, -0.15) is 0 Å². The molecule has 114 valence electrons. The van der Waals surface area contributed by atoms with Gasteiger partial charge in [0, 0.05) is 19.2 Å². The van der Waals surface area contributed by atoms with E-state index < -0.39 is 16.8 Å². The first-order valence-corrected chi connectivity index (χ1v) is 7.38. The molecule has 1 N–H and O–H groups in total. The summed E-state index contributed by atoms with van der Waals surface area (Å²) in [7, 11) is 0. The molecule has 1 amide bonds. The van der Waals surface area contributed by atoms with E-state index in [0.29, 0.717) is 17.8 Å². The summed E-state index contributed by atoms with van der Waals surface area (Å²) in [6.07, 6.45) is 0.544. The summed E-state index contributed by atoms with van der Waals surface area (Å²) in [5.41, 5.74) is -0.0665. The maximum absolute atomic E-state index is 12.4. The summed E-state index contributed by atoms with van der Waals surface area (Å²) in [4.78, 5) is 36.1. The minimum absolute atomic E-state index is 0.0665. The highest BCUT2D eigenvalue weighted by Crippen LogP contribution is 2.30. The van der Waals surface area contributed by atoms with E-state index in [-0.39, 0.29) is 28.9 Å².